The van der Waals surface area contributed by atoms with E-state index in [0.717, 1.165) is 22.2 Å². The molecule has 1 aromatic heterocycles. The summed E-state index contributed by atoms with van der Waals surface area (Å²) in [5, 5.41) is 10.4. The number of rotatable bonds is 4. The van der Waals surface area contributed by atoms with Crippen LogP contribution in [0.4, 0.5) is 0 Å². The van der Waals surface area contributed by atoms with Crippen LogP contribution in [0.1, 0.15) is 25.1 Å². The summed E-state index contributed by atoms with van der Waals surface area (Å²) in [6, 6.07) is 8.10. The highest BCUT2D eigenvalue weighted by Gasteiger charge is 2.32. The number of aromatic nitrogens is 1. The Labute approximate surface area is 113 Å². The number of carboxylic acids is 1. The first-order valence-corrected chi connectivity index (χ1v) is 6.35. The number of aliphatic carboxylic acids is 1. The summed E-state index contributed by atoms with van der Waals surface area (Å²) in [5.41, 5.74) is 2.46. The minimum Gasteiger partial charge on any atom is -0.480 e. The predicted molar refractivity (Wildman–Crippen MR) is 76.2 cm³/mol. The van der Waals surface area contributed by atoms with Gasteiger partial charge in [-0.15, -0.1) is 0 Å². The van der Waals surface area contributed by atoms with E-state index in [1.54, 1.807) is 13.8 Å². The van der Waals surface area contributed by atoms with E-state index in [1.165, 1.54) is 0 Å². The molecule has 1 heterocycles. The van der Waals surface area contributed by atoms with Crippen molar-refractivity contribution in [1.82, 2.24) is 9.88 Å². The molecule has 0 amide bonds. The van der Waals surface area contributed by atoms with Gasteiger partial charge in [-0.05, 0) is 39.4 Å². The van der Waals surface area contributed by atoms with Crippen LogP contribution in [0.25, 0.3) is 10.9 Å². The van der Waals surface area contributed by atoms with Gasteiger partial charge in [0.2, 0.25) is 0 Å². The van der Waals surface area contributed by atoms with Crippen molar-refractivity contribution in [3.8, 4) is 0 Å². The summed E-state index contributed by atoms with van der Waals surface area (Å²) >= 11 is 0. The zero-order valence-corrected chi connectivity index (χ0v) is 11.8. The third-order valence-corrected chi connectivity index (χ3v) is 3.90. The van der Waals surface area contributed by atoms with Gasteiger partial charge in [0.1, 0.15) is 5.54 Å². The first-order chi connectivity index (χ1) is 8.84. The molecular formula is C15H20N2O2. The van der Waals surface area contributed by atoms with E-state index in [1.807, 2.05) is 37.1 Å². The van der Waals surface area contributed by atoms with E-state index in [4.69, 9.17) is 0 Å². The summed E-state index contributed by atoms with van der Waals surface area (Å²) in [4.78, 5) is 16.5. The summed E-state index contributed by atoms with van der Waals surface area (Å²) in [6.07, 6.45) is 0. The van der Waals surface area contributed by atoms with Gasteiger partial charge >= 0.3 is 5.97 Å². The predicted octanol–water partition coefficient (Wildman–Crippen LogP) is 2.77. The van der Waals surface area contributed by atoms with Gasteiger partial charge in [-0.2, -0.15) is 0 Å². The number of aryl methyl sites for hydroxylation is 1. The first-order valence-electron chi connectivity index (χ1n) is 6.35. The normalized spacial score (nSPS) is 12.3. The number of carbonyl (C=O) groups is 1. The van der Waals surface area contributed by atoms with Gasteiger partial charge in [-0.25, -0.2) is 0 Å². The quantitative estimate of drug-likeness (QED) is 0.888. The van der Waals surface area contributed by atoms with Gasteiger partial charge in [0, 0.05) is 23.1 Å². The molecule has 0 saturated heterocycles. The lowest BCUT2D eigenvalue weighted by Crippen LogP contribution is -2.47. The topological polar surface area (TPSA) is 56.3 Å². The summed E-state index contributed by atoms with van der Waals surface area (Å²) in [7, 11) is 1.84. The number of nitrogens with zero attached hydrogens (tertiary/aromatic N) is 1. The highest BCUT2D eigenvalue weighted by atomic mass is 16.4. The molecule has 102 valence electrons. The Hall–Kier alpha value is -1.81. The molecule has 19 heavy (non-hydrogen) atoms. The number of hydrogen-bond acceptors (Lipinski definition) is 2. The van der Waals surface area contributed by atoms with Crippen LogP contribution < -0.4 is 0 Å². The van der Waals surface area contributed by atoms with Crippen molar-refractivity contribution >= 4 is 16.9 Å². The molecule has 1 aromatic carbocycles. The molecule has 4 heteroatoms. The average molecular weight is 260 g/mol. The van der Waals surface area contributed by atoms with Crippen molar-refractivity contribution < 1.29 is 9.90 Å². The van der Waals surface area contributed by atoms with E-state index in [0.29, 0.717) is 6.54 Å². The lowest BCUT2D eigenvalue weighted by molar-refractivity contribution is -0.148. The van der Waals surface area contributed by atoms with Crippen molar-refractivity contribution in [3.05, 3.63) is 35.5 Å². The maximum atomic E-state index is 11.3. The molecule has 0 radical (unpaired) electrons. The number of likely N-dealkylation sites (N-methyl/N-ethyl adjacent to an activating group) is 1. The molecule has 0 saturated carbocycles. The van der Waals surface area contributed by atoms with Crippen LogP contribution in [-0.2, 0) is 11.3 Å². The number of H-pyrrole nitrogens is 1. The Bertz CT molecular complexity index is 614. The van der Waals surface area contributed by atoms with E-state index in [-0.39, 0.29) is 0 Å². The van der Waals surface area contributed by atoms with E-state index in [2.05, 4.69) is 11.1 Å². The second kappa shape index (κ2) is 4.70. The number of para-hydroxylation sites is 1. The third kappa shape index (κ3) is 2.36. The van der Waals surface area contributed by atoms with Crippen LogP contribution in [0.3, 0.4) is 0 Å². The maximum absolute atomic E-state index is 11.3. The fraction of sp³-hybridized carbons (Fsp3) is 0.400. The molecule has 0 fully saturated rings. The van der Waals surface area contributed by atoms with Gasteiger partial charge in [0.15, 0.2) is 0 Å². The van der Waals surface area contributed by atoms with Crippen LogP contribution in [-0.4, -0.2) is 33.5 Å². The lowest BCUT2D eigenvalue weighted by Gasteiger charge is -2.31. The third-order valence-electron chi connectivity index (χ3n) is 3.90. The zero-order chi connectivity index (χ0) is 14.2. The Morgan fingerprint density at radius 3 is 2.63 bits per heavy atom. The number of nitrogens with one attached hydrogen (secondary N) is 1. The van der Waals surface area contributed by atoms with Crippen LogP contribution in [0.15, 0.2) is 24.3 Å². The first kappa shape index (κ1) is 13.6. The molecule has 0 aliphatic heterocycles. The molecule has 0 atom stereocenters. The Kier molecular flexibility index (Phi) is 3.37. The molecule has 2 aromatic rings. The van der Waals surface area contributed by atoms with E-state index >= 15 is 0 Å². The molecule has 0 unspecified atom stereocenters. The van der Waals surface area contributed by atoms with Gasteiger partial charge in [-0.1, -0.05) is 18.2 Å². The zero-order valence-electron chi connectivity index (χ0n) is 11.8. The van der Waals surface area contributed by atoms with Crippen molar-refractivity contribution in [3.63, 3.8) is 0 Å². The molecule has 0 aliphatic carbocycles. The average Bonchev–Trinajstić information content (AvgIpc) is 2.66. The smallest absolute Gasteiger partial charge is 0.323 e. The minimum absolute atomic E-state index is 0.606. The van der Waals surface area contributed by atoms with Crippen LogP contribution in [0, 0.1) is 6.92 Å². The fourth-order valence-electron chi connectivity index (χ4n) is 2.14. The van der Waals surface area contributed by atoms with Gasteiger partial charge in [-0.3, -0.25) is 9.69 Å². The number of fused-ring (bicyclic) bond motifs is 1. The molecule has 0 bridgehead atoms. The summed E-state index contributed by atoms with van der Waals surface area (Å²) in [6.45, 7) is 6.07. The molecule has 2 rings (SSSR count). The number of carboxylic acid groups (broad SMARTS) is 1. The Morgan fingerprint density at radius 1 is 1.37 bits per heavy atom. The molecule has 0 spiro atoms. The number of aromatic amines is 1. The molecular weight excluding hydrogens is 240 g/mol. The van der Waals surface area contributed by atoms with Crippen molar-refractivity contribution in [2.75, 3.05) is 7.05 Å². The second-order valence-electron chi connectivity index (χ2n) is 5.49. The second-order valence-corrected chi connectivity index (χ2v) is 5.49. The van der Waals surface area contributed by atoms with E-state index < -0.39 is 11.5 Å². The fourth-order valence-corrected chi connectivity index (χ4v) is 2.14. The highest BCUT2D eigenvalue weighted by molar-refractivity contribution is 5.84. The van der Waals surface area contributed by atoms with Gasteiger partial charge < -0.3 is 10.1 Å². The standard InChI is InChI=1S/C15H20N2O2/c1-10-12(9-17(4)15(2,3)14(18)19)11-7-5-6-8-13(11)16-10/h5-8,16H,9H2,1-4H3,(H,18,19). The maximum Gasteiger partial charge on any atom is 0.323 e. The Morgan fingerprint density at radius 2 is 2.00 bits per heavy atom. The van der Waals surface area contributed by atoms with Crippen LogP contribution >= 0.6 is 0 Å². The Balaban J connectivity index is 2.36. The number of hydrogen-bond donors (Lipinski definition) is 2. The summed E-state index contributed by atoms with van der Waals surface area (Å²) in [5.74, 6) is -0.813. The minimum atomic E-state index is -0.884. The van der Waals surface area contributed by atoms with Crippen molar-refractivity contribution in [2.45, 2.75) is 32.9 Å². The van der Waals surface area contributed by atoms with Gasteiger partial charge in [0.05, 0.1) is 0 Å². The van der Waals surface area contributed by atoms with Crippen LogP contribution in [0.2, 0.25) is 0 Å². The molecule has 2 N–H and O–H groups in total. The van der Waals surface area contributed by atoms with Crippen molar-refractivity contribution in [2.24, 2.45) is 0 Å². The lowest BCUT2D eigenvalue weighted by atomic mass is 10.0. The number of benzene rings is 1. The largest absolute Gasteiger partial charge is 0.480 e. The monoisotopic (exact) mass is 260 g/mol. The molecule has 0 aliphatic rings. The SMILES string of the molecule is Cc1[nH]c2ccccc2c1CN(C)C(C)(C)C(=O)O. The molecule has 4 nitrogen and oxygen atoms in total. The van der Waals surface area contributed by atoms with Crippen molar-refractivity contribution in [1.29, 1.82) is 0 Å². The highest BCUT2D eigenvalue weighted by Crippen LogP contribution is 2.25. The summed E-state index contributed by atoms with van der Waals surface area (Å²) < 4.78 is 0. The van der Waals surface area contributed by atoms with E-state index in [9.17, 15) is 9.90 Å². The van der Waals surface area contributed by atoms with Gasteiger partial charge in [0.25, 0.3) is 0 Å². The van der Waals surface area contributed by atoms with Crippen LogP contribution in [0.5, 0.6) is 0 Å².